The van der Waals surface area contributed by atoms with E-state index in [9.17, 15) is 4.79 Å². The predicted molar refractivity (Wildman–Crippen MR) is 83.4 cm³/mol. The summed E-state index contributed by atoms with van der Waals surface area (Å²) in [6.07, 6.45) is 0.846. The fourth-order valence-electron chi connectivity index (χ4n) is 1.30. The Labute approximate surface area is 127 Å². The zero-order valence-electron chi connectivity index (χ0n) is 10.8. The van der Waals surface area contributed by atoms with E-state index in [0.29, 0.717) is 6.54 Å². The minimum Gasteiger partial charge on any atom is -0.354 e. The van der Waals surface area contributed by atoms with E-state index in [1.54, 1.807) is 11.3 Å². The highest BCUT2D eigenvalue weighted by Gasteiger charge is 2.26. The highest BCUT2D eigenvalue weighted by atomic mass is 79.9. The Kier molecular flexibility index (Phi) is 7.44. The Balaban J connectivity index is 0.00000289. The van der Waals surface area contributed by atoms with E-state index in [4.69, 9.17) is 5.73 Å². The van der Waals surface area contributed by atoms with Gasteiger partial charge in [-0.25, -0.2) is 0 Å². The maximum atomic E-state index is 11.7. The Bertz CT molecular complexity index is 390. The van der Waals surface area contributed by atoms with Crippen molar-refractivity contribution in [3.63, 3.8) is 0 Å². The number of hydrogen-bond donors (Lipinski definition) is 2. The van der Waals surface area contributed by atoms with Crippen molar-refractivity contribution in [2.24, 2.45) is 11.1 Å². The van der Waals surface area contributed by atoms with Crippen LogP contribution < -0.4 is 11.1 Å². The number of halogens is 2. The normalized spacial score (nSPS) is 12.7. The van der Waals surface area contributed by atoms with Gasteiger partial charge in [0, 0.05) is 11.4 Å². The lowest BCUT2D eigenvalue weighted by atomic mass is 9.87. The zero-order chi connectivity index (χ0) is 13.1. The van der Waals surface area contributed by atoms with Crippen LogP contribution in [0.5, 0.6) is 0 Å². The summed E-state index contributed by atoms with van der Waals surface area (Å²) in [5.41, 5.74) is 5.66. The number of amides is 1. The monoisotopic (exact) mass is 354 g/mol. The van der Waals surface area contributed by atoms with Crippen molar-refractivity contribution >= 4 is 45.6 Å². The first-order valence-electron chi connectivity index (χ1n) is 5.58. The number of carbonyl (C=O) groups is 1. The van der Waals surface area contributed by atoms with Gasteiger partial charge in [0.2, 0.25) is 5.91 Å². The molecule has 104 valence electrons. The van der Waals surface area contributed by atoms with Crippen LogP contribution in [-0.2, 0) is 11.2 Å². The molecule has 0 bridgehead atoms. The molecule has 1 aromatic rings. The van der Waals surface area contributed by atoms with E-state index in [1.165, 1.54) is 4.88 Å². The molecular formula is C12H20BrClN2OS. The molecule has 0 aliphatic carbocycles. The third-order valence-corrected chi connectivity index (χ3v) is 4.20. The number of carbonyl (C=O) groups excluding carboxylic acids is 1. The number of hydrogen-bond acceptors (Lipinski definition) is 3. The maximum Gasteiger partial charge on any atom is 0.237 e. The molecule has 0 saturated carbocycles. The minimum atomic E-state index is -0.461. The third kappa shape index (κ3) is 5.69. The van der Waals surface area contributed by atoms with Crippen LogP contribution in [0.4, 0.5) is 0 Å². The molecule has 1 amide bonds. The Morgan fingerprint density at radius 2 is 2.11 bits per heavy atom. The molecule has 18 heavy (non-hydrogen) atoms. The fraction of sp³-hybridized carbons (Fsp3) is 0.583. The van der Waals surface area contributed by atoms with Gasteiger partial charge < -0.3 is 11.1 Å². The zero-order valence-corrected chi connectivity index (χ0v) is 14.0. The van der Waals surface area contributed by atoms with E-state index in [1.807, 2.05) is 26.8 Å². The van der Waals surface area contributed by atoms with Crippen molar-refractivity contribution in [3.8, 4) is 0 Å². The average molecular weight is 356 g/mol. The quantitative estimate of drug-likeness (QED) is 0.872. The van der Waals surface area contributed by atoms with Crippen molar-refractivity contribution in [2.75, 3.05) is 6.54 Å². The largest absolute Gasteiger partial charge is 0.354 e. The smallest absolute Gasteiger partial charge is 0.237 e. The summed E-state index contributed by atoms with van der Waals surface area (Å²) in [6, 6.07) is 3.62. The van der Waals surface area contributed by atoms with E-state index >= 15 is 0 Å². The minimum absolute atomic E-state index is 0. The number of thiophene rings is 1. The first-order valence-corrected chi connectivity index (χ1v) is 7.19. The molecule has 0 aromatic carbocycles. The summed E-state index contributed by atoms with van der Waals surface area (Å²) in [5.74, 6) is -0.0758. The number of nitrogens with one attached hydrogen (secondary N) is 1. The topological polar surface area (TPSA) is 55.1 Å². The number of rotatable bonds is 4. The molecule has 0 radical (unpaired) electrons. The van der Waals surface area contributed by atoms with Gasteiger partial charge in [-0.05, 0) is 39.9 Å². The molecule has 1 heterocycles. The predicted octanol–water partition coefficient (Wildman–Crippen LogP) is 2.96. The molecule has 1 rings (SSSR count). The fourth-order valence-corrected chi connectivity index (χ4v) is 2.78. The van der Waals surface area contributed by atoms with Crippen LogP contribution in [0.2, 0.25) is 0 Å². The van der Waals surface area contributed by atoms with Crippen LogP contribution in [0, 0.1) is 5.41 Å². The molecule has 3 nitrogen and oxygen atoms in total. The lowest BCUT2D eigenvalue weighted by Crippen LogP contribution is -2.48. The molecule has 0 saturated heterocycles. The molecule has 1 aromatic heterocycles. The SMILES string of the molecule is CC(C)(C)[C@H](N)C(=O)NCCc1ccc(Br)s1.Cl. The van der Waals surface area contributed by atoms with Crippen molar-refractivity contribution in [3.05, 3.63) is 20.8 Å². The van der Waals surface area contributed by atoms with Crippen molar-refractivity contribution < 1.29 is 4.79 Å². The third-order valence-electron chi connectivity index (χ3n) is 2.51. The van der Waals surface area contributed by atoms with Crippen LogP contribution >= 0.6 is 39.7 Å². The van der Waals surface area contributed by atoms with Crippen molar-refractivity contribution in [1.29, 1.82) is 0 Å². The highest BCUT2D eigenvalue weighted by molar-refractivity contribution is 9.11. The molecular weight excluding hydrogens is 336 g/mol. The summed E-state index contributed by atoms with van der Waals surface area (Å²) in [6.45, 7) is 6.53. The molecule has 3 N–H and O–H groups in total. The standard InChI is InChI=1S/C12H19BrN2OS.ClH/c1-12(2,3)10(14)11(16)15-7-6-8-4-5-9(13)17-8;/h4-5,10H,6-7,14H2,1-3H3,(H,15,16);1H/t10-;/m1./s1. The lowest BCUT2D eigenvalue weighted by Gasteiger charge is -2.25. The average Bonchev–Trinajstić information content (AvgIpc) is 2.61. The number of nitrogens with two attached hydrogens (primary N) is 1. The molecule has 6 heteroatoms. The Morgan fingerprint density at radius 3 is 2.56 bits per heavy atom. The molecule has 0 aliphatic heterocycles. The molecule has 0 fully saturated rings. The maximum absolute atomic E-state index is 11.7. The van der Waals surface area contributed by atoms with Crippen LogP contribution in [0.15, 0.2) is 15.9 Å². The second-order valence-electron chi connectivity index (χ2n) is 5.09. The molecule has 0 spiro atoms. The van der Waals surface area contributed by atoms with E-state index in [2.05, 4.69) is 27.3 Å². The Hall–Kier alpha value is -0.100. The van der Waals surface area contributed by atoms with Crippen molar-refractivity contribution in [1.82, 2.24) is 5.32 Å². The van der Waals surface area contributed by atoms with Crippen LogP contribution in [0.3, 0.4) is 0 Å². The summed E-state index contributed by atoms with van der Waals surface area (Å²) in [5, 5.41) is 2.87. The lowest BCUT2D eigenvalue weighted by molar-refractivity contribution is -0.124. The van der Waals surface area contributed by atoms with Gasteiger partial charge in [-0.1, -0.05) is 20.8 Å². The first kappa shape index (κ1) is 17.9. The van der Waals surface area contributed by atoms with E-state index in [0.717, 1.165) is 10.2 Å². The van der Waals surface area contributed by atoms with Gasteiger partial charge in [-0.2, -0.15) is 0 Å². The van der Waals surface area contributed by atoms with Crippen LogP contribution in [-0.4, -0.2) is 18.5 Å². The van der Waals surface area contributed by atoms with Gasteiger partial charge in [0.05, 0.1) is 9.83 Å². The van der Waals surface area contributed by atoms with Gasteiger partial charge in [0.1, 0.15) is 0 Å². The van der Waals surface area contributed by atoms with Crippen LogP contribution in [0.25, 0.3) is 0 Å². The van der Waals surface area contributed by atoms with Gasteiger partial charge in [-0.15, -0.1) is 23.7 Å². The van der Waals surface area contributed by atoms with Gasteiger partial charge >= 0.3 is 0 Å². The first-order chi connectivity index (χ1) is 7.80. The summed E-state index contributed by atoms with van der Waals surface area (Å²) in [7, 11) is 0. The van der Waals surface area contributed by atoms with Gasteiger partial charge in [-0.3, -0.25) is 4.79 Å². The van der Waals surface area contributed by atoms with E-state index < -0.39 is 6.04 Å². The van der Waals surface area contributed by atoms with E-state index in [-0.39, 0.29) is 23.7 Å². The molecule has 1 atom stereocenters. The molecule has 0 aliphatic rings. The van der Waals surface area contributed by atoms with Crippen molar-refractivity contribution in [2.45, 2.75) is 33.2 Å². The molecule has 0 unspecified atom stereocenters. The highest BCUT2D eigenvalue weighted by Crippen LogP contribution is 2.22. The second-order valence-corrected chi connectivity index (χ2v) is 7.64. The Morgan fingerprint density at radius 1 is 1.50 bits per heavy atom. The van der Waals surface area contributed by atoms with Gasteiger partial charge in [0.25, 0.3) is 0 Å². The van der Waals surface area contributed by atoms with Crippen LogP contribution in [0.1, 0.15) is 25.6 Å². The van der Waals surface area contributed by atoms with Gasteiger partial charge in [0.15, 0.2) is 0 Å². The summed E-state index contributed by atoms with van der Waals surface area (Å²) < 4.78 is 1.12. The summed E-state index contributed by atoms with van der Waals surface area (Å²) in [4.78, 5) is 13.0. The second kappa shape index (κ2) is 7.48. The summed E-state index contributed by atoms with van der Waals surface area (Å²) >= 11 is 5.10.